The second-order valence-electron chi connectivity index (χ2n) is 5.56. The Hall–Kier alpha value is -1.84. The molecule has 1 unspecified atom stereocenters. The predicted molar refractivity (Wildman–Crippen MR) is 77.4 cm³/mol. The maximum atomic E-state index is 11.9. The van der Waals surface area contributed by atoms with E-state index >= 15 is 0 Å². The lowest BCUT2D eigenvalue weighted by atomic mass is 10.0. The Labute approximate surface area is 119 Å². The highest BCUT2D eigenvalue weighted by atomic mass is 16.6. The lowest BCUT2D eigenvalue weighted by Crippen LogP contribution is -2.35. The van der Waals surface area contributed by atoms with Gasteiger partial charge in [-0.15, -0.1) is 0 Å². The van der Waals surface area contributed by atoms with Gasteiger partial charge in [0.1, 0.15) is 6.10 Å². The molecule has 1 saturated carbocycles. The summed E-state index contributed by atoms with van der Waals surface area (Å²) in [5.74, 6) is 0.394. The molecule has 4 nitrogen and oxygen atoms in total. The zero-order valence-corrected chi connectivity index (χ0v) is 11.5. The number of nitrogens with one attached hydrogen (secondary N) is 1. The maximum Gasteiger partial charge on any atom is 0.223 e. The van der Waals surface area contributed by atoms with Crippen LogP contribution in [0.25, 0.3) is 0 Å². The van der Waals surface area contributed by atoms with E-state index in [1.165, 1.54) is 12.8 Å². The molecule has 4 heteroatoms. The molecule has 0 bridgehead atoms. The topological polar surface area (TPSA) is 50.7 Å². The summed E-state index contributed by atoms with van der Waals surface area (Å²) in [5, 5.41) is 7.13. The van der Waals surface area contributed by atoms with E-state index in [1.54, 1.807) is 0 Å². The smallest absolute Gasteiger partial charge is 0.223 e. The largest absolute Gasteiger partial charge is 0.390 e. The van der Waals surface area contributed by atoms with Crippen LogP contribution in [-0.2, 0) is 9.63 Å². The summed E-state index contributed by atoms with van der Waals surface area (Å²) in [6, 6.07) is 10.0. The van der Waals surface area contributed by atoms with Crippen molar-refractivity contribution in [2.24, 2.45) is 11.1 Å². The van der Waals surface area contributed by atoms with Crippen LogP contribution in [0.5, 0.6) is 0 Å². The number of nitrogens with zero attached hydrogens (tertiary/aromatic N) is 1. The SMILES string of the molecule is O=C(NCC1CC(c2ccccc2)=NO1)C1CCCC1. The molecule has 106 valence electrons. The van der Waals surface area contributed by atoms with E-state index in [9.17, 15) is 4.79 Å². The number of oxime groups is 1. The van der Waals surface area contributed by atoms with E-state index in [0.717, 1.165) is 30.5 Å². The number of amides is 1. The second kappa shape index (κ2) is 6.07. The number of carbonyl (C=O) groups excluding carboxylic acids is 1. The molecular formula is C16H20N2O2. The first-order chi connectivity index (χ1) is 9.83. The van der Waals surface area contributed by atoms with Gasteiger partial charge in [0.15, 0.2) is 0 Å². The Kier molecular flexibility index (Phi) is 4.00. The number of rotatable bonds is 4. The number of hydrogen-bond acceptors (Lipinski definition) is 3. The van der Waals surface area contributed by atoms with Gasteiger partial charge in [0.2, 0.25) is 5.91 Å². The van der Waals surface area contributed by atoms with Crippen LogP contribution in [0, 0.1) is 5.92 Å². The quantitative estimate of drug-likeness (QED) is 0.915. The van der Waals surface area contributed by atoms with Gasteiger partial charge in [-0.3, -0.25) is 4.79 Å². The van der Waals surface area contributed by atoms with Gasteiger partial charge in [-0.25, -0.2) is 0 Å². The van der Waals surface area contributed by atoms with Crippen molar-refractivity contribution >= 4 is 11.6 Å². The summed E-state index contributed by atoms with van der Waals surface area (Å²) in [6.45, 7) is 0.551. The summed E-state index contributed by atoms with van der Waals surface area (Å²) in [4.78, 5) is 17.4. The lowest BCUT2D eigenvalue weighted by molar-refractivity contribution is -0.125. The summed E-state index contributed by atoms with van der Waals surface area (Å²) in [6.07, 6.45) is 5.15. The Balaban J connectivity index is 1.46. The van der Waals surface area contributed by atoms with Gasteiger partial charge in [-0.2, -0.15) is 0 Å². The van der Waals surface area contributed by atoms with E-state index in [2.05, 4.69) is 10.5 Å². The molecule has 1 aromatic rings. The summed E-state index contributed by atoms with van der Waals surface area (Å²) < 4.78 is 0. The van der Waals surface area contributed by atoms with Crippen molar-refractivity contribution < 1.29 is 9.63 Å². The highest BCUT2D eigenvalue weighted by molar-refractivity contribution is 6.01. The van der Waals surface area contributed by atoms with Gasteiger partial charge in [-0.1, -0.05) is 48.3 Å². The third-order valence-corrected chi connectivity index (χ3v) is 4.07. The normalized spacial score (nSPS) is 22.4. The summed E-state index contributed by atoms with van der Waals surface area (Å²) in [7, 11) is 0. The van der Waals surface area contributed by atoms with Crippen molar-refractivity contribution in [3.8, 4) is 0 Å². The zero-order valence-electron chi connectivity index (χ0n) is 11.5. The van der Waals surface area contributed by atoms with Crippen molar-refractivity contribution in [3.63, 3.8) is 0 Å². The van der Waals surface area contributed by atoms with Crippen LogP contribution in [0.1, 0.15) is 37.7 Å². The van der Waals surface area contributed by atoms with E-state index in [4.69, 9.17) is 4.84 Å². The van der Waals surface area contributed by atoms with Crippen molar-refractivity contribution in [1.82, 2.24) is 5.32 Å². The van der Waals surface area contributed by atoms with Crippen molar-refractivity contribution in [3.05, 3.63) is 35.9 Å². The van der Waals surface area contributed by atoms with Gasteiger partial charge in [0.25, 0.3) is 0 Å². The van der Waals surface area contributed by atoms with Gasteiger partial charge < -0.3 is 10.2 Å². The summed E-state index contributed by atoms with van der Waals surface area (Å²) in [5.41, 5.74) is 2.06. The average Bonchev–Trinajstić information content (AvgIpc) is 3.17. The van der Waals surface area contributed by atoms with Crippen LogP contribution >= 0.6 is 0 Å². The van der Waals surface area contributed by atoms with Crippen LogP contribution in [0.4, 0.5) is 0 Å². The predicted octanol–water partition coefficient (Wildman–Crippen LogP) is 2.49. The minimum absolute atomic E-state index is 0.0319. The molecule has 1 fully saturated rings. The van der Waals surface area contributed by atoms with Gasteiger partial charge >= 0.3 is 0 Å². The molecule has 20 heavy (non-hydrogen) atoms. The Bertz CT molecular complexity index is 492. The van der Waals surface area contributed by atoms with E-state index in [0.29, 0.717) is 6.54 Å². The first kappa shape index (κ1) is 13.2. The molecule has 1 heterocycles. The number of benzene rings is 1. The highest BCUT2D eigenvalue weighted by Crippen LogP contribution is 2.24. The number of carbonyl (C=O) groups is 1. The van der Waals surface area contributed by atoms with Gasteiger partial charge in [0, 0.05) is 12.3 Å². The molecule has 0 radical (unpaired) electrons. The third-order valence-electron chi connectivity index (χ3n) is 4.07. The summed E-state index contributed by atoms with van der Waals surface area (Å²) >= 11 is 0. The van der Waals surface area contributed by atoms with E-state index in [1.807, 2.05) is 30.3 Å². The molecule has 0 spiro atoms. The maximum absolute atomic E-state index is 11.9. The average molecular weight is 272 g/mol. The Morgan fingerprint density at radius 1 is 1.25 bits per heavy atom. The van der Waals surface area contributed by atoms with Gasteiger partial charge in [0.05, 0.1) is 12.3 Å². The van der Waals surface area contributed by atoms with Crippen LogP contribution in [-0.4, -0.2) is 24.3 Å². The molecule has 1 aliphatic heterocycles. The molecule has 1 amide bonds. The van der Waals surface area contributed by atoms with Crippen molar-refractivity contribution in [2.75, 3.05) is 6.54 Å². The monoisotopic (exact) mass is 272 g/mol. The van der Waals surface area contributed by atoms with Crippen molar-refractivity contribution in [1.29, 1.82) is 0 Å². The molecule has 1 atom stereocenters. The molecule has 1 aromatic carbocycles. The Morgan fingerprint density at radius 3 is 2.75 bits per heavy atom. The lowest BCUT2D eigenvalue weighted by Gasteiger charge is -2.13. The fourth-order valence-corrected chi connectivity index (χ4v) is 2.89. The minimum Gasteiger partial charge on any atom is -0.390 e. The molecule has 1 N–H and O–H groups in total. The van der Waals surface area contributed by atoms with Crippen LogP contribution in [0.3, 0.4) is 0 Å². The fourth-order valence-electron chi connectivity index (χ4n) is 2.89. The van der Waals surface area contributed by atoms with Crippen molar-refractivity contribution in [2.45, 2.75) is 38.2 Å². The molecular weight excluding hydrogens is 252 g/mol. The first-order valence-corrected chi connectivity index (χ1v) is 7.39. The Morgan fingerprint density at radius 2 is 2.00 bits per heavy atom. The molecule has 3 rings (SSSR count). The first-order valence-electron chi connectivity index (χ1n) is 7.39. The molecule has 1 aliphatic carbocycles. The number of hydrogen-bond donors (Lipinski definition) is 1. The molecule has 2 aliphatic rings. The standard InChI is InChI=1S/C16H20N2O2/c19-16(13-8-4-5-9-13)17-11-14-10-15(18-20-14)12-6-2-1-3-7-12/h1-3,6-7,13-14H,4-5,8-11H2,(H,17,19). The van der Waals surface area contributed by atoms with Crippen LogP contribution in [0.15, 0.2) is 35.5 Å². The fraction of sp³-hybridized carbons (Fsp3) is 0.500. The van der Waals surface area contributed by atoms with E-state index < -0.39 is 0 Å². The molecule has 0 aromatic heterocycles. The van der Waals surface area contributed by atoms with Crippen LogP contribution < -0.4 is 5.32 Å². The van der Waals surface area contributed by atoms with Crippen LogP contribution in [0.2, 0.25) is 0 Å². The zero-order chi connectivity index (χ0) is 13.8. The van der Waals surface area contributed by atoms with Gasteiger partial charge in [-0.05, 0) is 18.4 Å². The molecule has 0 saturated heterocycles. The third kappa shape index (κ3) is 3.00. The minimum atomic E-state index is -0.0319. The second-order valence-corrected chi connectivity index (χ2v) is 5.56. The highest BCUT2D eigenvalue weighted by Gasteiger charge is 2.26. The van der Waals surface area contributed by atoms with E-state index in [-0.39, 0.29) is 17.9 Å².